The van der Waals surface area contributed by atoms with Crippen LogP contribution in [-0.4, -0.2) is 26.9 Å². The van der Waals surface area contributed by atoms with Crippen molar-refractivity contribution in [2.75, 3.05) is 6.54 Å². The highest BCUT2D eigenvalue weighted by atomic mass is 32.2. The summed E-state index contributed by atoms with van der Waals surface area (Å²) in [5, 5.41) is 2.64. The van der Waals surface area contributed by atoms with Crippen molar-refractivity contribution in [2.24, 2.45) is 0 Å². The summed E-state index contributed by atoms with van der Waals surface area (Å²) in [7, 11) is -3.79. The summed E-state index contributed by atoms with van der Waals surface area (Å²) in [6, 6.07) is 4.37. The van der Waals surface area contributed by atoms with Gasteiger partial charge in [-0.05, 0) is 37.6 Å². The lowest BCUT2D eigenvalue weighted by Crippen LogP contribution is -2.40. The molecule has 0 fully saturated rings. The third-order valence-electron chi connectivity index (χ3n) is 2.57. The van der Waals surface area contributed by atoms with Crippen molar-refractivity contribution in [1.82, 2.24) is 10.0 Å². The summed E-state index contributed by atoms with van der Waals surface area (Å²) in [4.78, 5) is 11.4. The van der Waals surface area contributed by atoms with Gasteiger partial charge in [-0.25, -0.2) is 17.5 Å². The molecule has 0 aliphatic rings. The van der Waals surface area contributed by atoms with E-state index in [-0.39, 0.29) is 17.5 Å². The molecule has 0 aliphatic carbocycles. The Bertz CT molecular complexity index is 528. The maximum absolute atomic E-state index is 12.7. The first-order valence-corrected chi connectivity index (χ1v) is 7.38. The monoisotopic (exact) mass is 288 g/mol. The highest BCUT2D eigenvalue weighted by Gasteiger charge is 2.15. The molecule has 0 aromatic heterocycles. The Balaban J connectivity index is 2.61. The van der Waals surface area contributed by atoms with Crippen LogP contribution in [-0.2, 0) is 14.8 Å². The van der Waals surface area contributed by atoms with E-state index in [0.29, 0.717) is 0 Å². The fourth-order valence-electron chi connectivity index (χ4n) is 1.29. The molecule has 0 spiro atoms. The molecule has 7 heteroatoms. The Morgan fingerprint density at radius 1 is 1.32 bits per heavy atom. The van der Waals surface area contributed by atoms with Gasteiger partial charge in [0.05, 0.1) is 11.4 Å². The molecule has 1 aromatic carbocycles. The number of hydrogen-bond donors (Lipinski definition) is 2. The van der Waals surface area contributed by atoms with Crippen LogP contribution >= 0.6 is 0 Å². The SMILES string of the molecule is CC[C@H](C)NC(=O)CNS(=O)(=O)c1ccc(F)cc1. The molecule has 1 rings (SSSR count). The molecule has 106 valence electrons. The largest absolute Gasteiger partial charge is 0.353 e. The predicted octanol–water partition coefficient (Wildman–Crippen LogP) is 1.02. The van der Waals surface area contributed by atoms with E-state index >= 15 is 0 Å². The number of hydrogen-bond acceptors (Lipinski definition) is 3. The minimum Gasteiger partial charge on any atom is -0.353 e. The second-order valence-electron chi connectivity index (χ2n) is 4.16. The number of benzene rings is 1. The van der Waals surface area contributed by atoms with E-state index in [4.69, 9.17) is 0 Å². The number of carbonyl (C=O) groups excluding carboxylic acids is 1. The number of halogens is 1. The maximum atomic E-state index is 12.7. The molecule has 19 heavy (non-hydrogen) atoms. The van der Waals surface area contributed by atoms with E-state index in [2.05, 4.69) is 10.0 Å². The summed E-state index contributed by atoms with van der Waals surface area (Å²) in [5.41, 5.74) is 0. The van der Waals surface area contributed by atoms with E-state index < -0.39 is 21.7 Å². The molecule has 2 N–H and O–H groups in total. The van der Waals surface area contributed by atoms with E-state index in [1.54, 1.807) is 0 Å². The highest BCUT2D eigenvalue weighted by molar-refractivity contribution is 7.89. The van der Waals surface area contributed by atoms with Gasteiger partial charge in [-0.1, -0.05) is 6.92 Å². The van der Waals surface area contributed by atoms with Gasteiger partial charge >= 0.3 is 0 Å². The first-order valence-electron chi connectivity index (χ1n) is 5.89. The average molecular weight is 288 g/mol. The molecule has 0 aliphatic heterocycles. The smallest absolute Gasteiger partial charge is 0.241 e. The van der Waals surface area contributed by atoms with Gasteiger partial charge < -0.3 is 5.32 Å². The zero-order valence-electron chi connectivity index (χ0n) is 10.8. The minimum absolute atomic E-state index is 0.0113. The molecule has 5 nitrogen and oxygen atoms in total. The third kappa shape index (κ3) is 4.96. The molecule has 0 bridgehead atoms. The van der Waals surface area contributed by atoms with Crippen molar-refractivity contribution in [3.63, 3.8) is 0 Å². The van der Waals surface area contributed by atoms with Crippen molar-refractivity contribution in [3.05, 3.63) is 30.1 Å². The molecule has 1 aromatic rings. The van der Waals surface area contributed by atoms with E-state index in [9.17, 15) is 17.6 Å². The molecule has 0 saturated heterocycles. The van der Waals surface area contributed by atoms with Crippen LogP contribution in [0.2, 0.25) is 0 Å². The van der Waals surface area contributed by atoms with Gasteiger partial charge in [-0.3, -0.25) is 4.79 Å². The Morgan fingerprint density at radius 2 is 1.89 bits per heavy atom. The molecular weight excluding hydrogens is 271 g/mol. The van der Waals surface area contributed by atoms with Crippen molar-refractivity contribution >= 4 is 15.9 Å². The van der Waals surface area contributed by atoms with Crippen LogP contribution in [0.25, 0.3) is 0 Å². The maximum Gasteiger partial charge on any atom is 0.241 e. The Morgan fingerprint density at radius 3 is 2.42 bits per heavy atom. The fourth-order valence-corrected chi connectivity index (χ4v) is 2.27. The minimum atomic E-state index is -3.79. The molecular formula is C12H17FN2O3S. The summed E-state index contributed by atoms with van der Waals surface area (Å²) in [5.74, 6) is -0.923. The quantitative estimate of drug-likeness (QED) is 0.820. The number of nitrogens with one attached hydrogen (secondary N) is 2. The number of sulfonamides is 1. The summed E-state index contributed by atoms with van der Waals surface area (Å²) < 4.78 is 38.4. The van der Waals surface area contributed by atoms with Gasteiger partial charge in [0.15, 0.2) is 0 Å². The first kappa shape index (κ1) is 15.6. The van der Waals surface area contributed by atoms with Gasteiger partial charge in [-0.2, -0.15) is 0 Å². The molecule has 0 saturated carbocycles. The first-order chi connectivity index (χ1) is 8.85. The van der Waals surface area contributed by atoms with Crippen LogP contribution in [0.5, 0.6) is 0 Å². The van der Waals surface area contributed by atoms with E-state index in [0.717, 1.165) is 30.7 Å². The highest BCUT2D eigenvalue weighted by Crippen LogP contribution is 2.08. The fraction of sp³-hybridized carbons (Fsp3) is 0.417. The molecule has 0 heterocycles. The Labute approximate surface area is 112 Å². The van der Waals surface area contributed by atoms with Crippen LogP contribution in [0.4, 0.5) is 4.39 Å². The lowest BCUT2D eigenvalue weighted by molar-refractivity contribution is -0.120. The van der Waals surface area contributed by atoms with Gasteiger partial charge in [0, 0.05) is 6.04 Å². The zero-order chi connectivity index (χ0) is 14.5. The van der Waals surface area contributed by atoms with Crippen LogP contribution in [0.3, 0.4) is 0 Å². The van der Waals surface area contributed by atoms with E-state index in [1.807, 2.05) is 13.8 Å². The molecule has 0 unspecified atom stereocenters. The zero-order valence-corrected chi connectivity index (χ0v) is 11.6. The number of amides is 1. The summed E-state index contributed by atoms with van der Waals surface area (Å²) in [6.45, 7) is 3.39. The summed E-state index contributed by atoms with van der Waals surface area (Å²) >= 11 is 0. The van der Waals surface area contributed by atoms with E-state index in [1.165, 1.54) is 0 Å². The van der Waals surface area contributed by atoms with Gasteiger partial charge in [0.2, 0.25) is 15.9 Å². The molecule has 0 radical (unpaired) electrons. The predicted molar refractivity (Wildman–Crippen MR) is 69.5 cm³/mol. The number of carbonyl (C=O) groups is 1. The van der Waals surface area contributed by atoms with Crippen molar-refractivity contribution < 1.29 is 17.6 Å². The Hall–Kier alpha value is -1.47. The second-order valence-corrected chi connectivity index (χ2v) is 5.92. The van der Waals surface area contributed by atoms with Gasteiger partial charge in [0.1, 0.15) is 5.82 Å². The van der Waals surface area contributed by atoms with Crippen molar-refractivity contribution in [3.8, 4) is 0 Å². The van der Waals surface area contributed by atoms with Crippen LogP contribution in [0, 0.1) is 5.82 Å². The standard InChI is InChI=1S/C12H17FN2O3S/c1-3-9(2)15-12(16)8-14-19(17,18)11-6-4-10(13)5-7-11/h4-7,9,14H,3,8H2,1-2H3,(H,15,16)/t9-/m0/s1. The Kier molecular flexibility index (Phi) is 5.44. The lowest BCUT2D eigenvalue weighted by Gasteiger charge is -2.12. The van der Waals surface area contributed by atoms with Crippen LogP contribution in [0.15, 0.2) is 29.2 Å². The van der Waals surface area contributed by atoms with Gasteiger partial charge in [-0.15, -0.1) is 0 Å². The third-order valence-corrected chi connectivity index (χ3v) is 3.98. The lowest BCUT2D eigenvalue weighted by atomic mass is 10.2. The van der Waals surface area contributed by atoms with Crippen LogP contribution < -0.4 is 10.0 Å². The number of rotatable bonds is 6. The molecule has 1 amide bonds. The average Bonchev–Trinajstić information content (AvgIpc) is 2.37. The molecule has 1 atom stereocenters. The second kappa shape index (κ2) is 6.63. The van der Waals surface area contributed by atoms with Crippen molar-refractivity contribution in [1.29, 1.82) is 0 Å². The van der Waals surface area contributed by atoms with Crippen molar-refractivity contribution in [2.45, 2.75) is 31.2 Å². The van der Waals surface area contributed by atoms with Crippen LogP contribution in [0.1, 0.15) is 20.3 Å². The normalized spacial score (nSPS) is 13.0. The summed E-state index contributed by atoms with van der Waals surface area (Å²) in [6.07, 6.45) is 0.760. The van der Waals surface area contributed by atoms with Gasteiger partial charge in [0.25, 0.3) is 0 Å². The topological polar surface area (TPSA) is 75.3 Å².